The molecule has 0 fully saturated rings. The third-order valence-corrected chi connectivity index (χ3v) is 5.24. The molecule has 1 aliphatic rings. The number of aryl methyl sites for hydroxylation is 1. The van der Waals surface area contributed by atoms with E-state index in [0.29, 0.717) is 5.75 Å². The second-order valence-electron chi connectivity index (χ2n) is 5.95. The Morgan fingerprint density at radius 3 is 2.59 bits per heavy atom. The molecule has 3 aromatic rings. The molecule has 0 unspecified atom stereocenters. The predicted octanol–water partition coefficient (Wildman–Crippen LogP) is 5.85. The second kappa shape index (κ2) is 5.44. The number of phenolic OH excluding ortho intramolecular Hbond substituents is 1. The van der Waals surface area contributed by atoms with E-state index in [9.17, 15) is 5.11 Å². The van der Waals surface area contributed by atoms with Crippen LogP contribution in [0, 0.1) is 0 Å². The summed E-state index contributed by atoms with van der Waals surface area (Å²) in [6.45, 7) is 0. The summed E-state index contributed by atoms with van der Waals surface area (Å²) in [5.74, 6) is 0.372. The fraction of sp³-hybridized carbons (Fsp3) is 0.200. The first-order valence-electron chi connectivity index (χ1n) is 7.77. The summed E-state index contributed by atoms with van der Waals surface area (Å²) in [5.41, 5.74) is 4.85. The lowest BCUT2D eigenvalue weighted by Crippen LogP contribution is -2.05. The highest BCUT2D eigenvalue weighted by molar-refractivity contribution is 9.10. The predicted molar refractivity (Wildman–Crippen MR) is 95.4 cm³/mol. The van der Waals surface area contributed by atoms with Crippen LogP contribution in [0.5, 0.6) is 5.75 Å². The Kier molecular flexibility index (Phi) is 3.42. The highest BCUT2D eigenvalue weighted by Gasteiger charge is 2.21. The minimum atomic E-state index is 0.372. The summed E-state index contributed by atoms with van der Waals surface area (Å²) in [4.78, 5) is 0. The summed E-state index contributed by atoms with van der Waals surface area (Å²) in [6.07, 6.45) is 4.59. The highest BCUT2D eigenvalue weighted by Crippen LogP contribution is 2.44. The van der Waals surface area contributed by atoms with Gasteiger partial charge in [0.25, 0.3) is 0 Å². The van der Waals surface area contributed by atoms with Crippen LogP contribution in [0.1, 0.15) is 24.0 Å². The maximum Gasteiger partial charge on any atom is 0.137 e. The van der Waals surface area contributed by atoms with Gasteiger partial charge < -0.3 is 5.11 Å². The zero-order chi connectivity index (χ0) is 15.1. The van der Waals surface area contributed by atoms with E-state index in [4.69, 9.17) is 0 Å². The van der Waals surface area contributed by atoms with E-state index in [-0.39, 0.29) is 0 Å². The standard InChI is InChI=1S/C20H17BrO/c21-18-12-14-7-2-4-10-16(14)19(20(18)22)17-11-5-8-13-6-1-3-9-15(13)17/h1,3,5-6,8-9,11-12,22H,2,4,7,10H2. The Bertz CT molecular complexity index is 862. The molecule has 0 atom stereocenters. The zero-order valence-corrected chi connectivity index (χ0v) is 13.9. The number of halogens is 1. The molecule has 1 nitrogen and oxygen atoms in total. The number of benzene rings is 3. The van der Waals surface area contributed by atoms with Crippen molar-refractivity contribution in [2.75, 3.05) is 0 Å². The van der Waals surface area contributed by atoms with Crippen LogP contribution >= 0.6 is 15.9 Å². The third-order valence-electron chi connectivity index (χ3n) is 4.64. The number of rotatable bonds is 1. The van der Waals surface area contributed by atoms with Crippen LogP contribution in [0.2, 0.25) is 0 Å². The first-order valence-corrected chi connectivity index (χ1v) is 8.56. The van der Waals surface area contributed by atoms with Crippen molar-refractivity contribution in [1.29, 1.82) is 0 Å². The van der Waals surface area contributed by atoms with Crippen molar-refractivity contribution in [3.63, 3.8) is 0 Å². The highest BCUT2D eigenvalue weighted by atomic mass is 79.9. The van der Waals surface area contributed by atoms with Gasteiger partial charge in [0.1, 0.15) is 5.75 Å². The fourth-order valence-corrected chi connectivity index (χ4v) is 4.07. The van der Waals surface area contributed by atoms with Gasteiger partial charge in [-0.1, -0.05) is 42.5 Å². The molecule has 0 spiro atoms. The monoisotopic (exact) mass is 352 g/mol. The molecule has 110 valence electrons. The van der Waals surface area contributed by atoms with Crippen LogP contribution in [-0.4, -0.2) is 5.11 Å². The lowest BCUT2D eigenvalue weighted by molar-refractivity contribution is 0.472. The Hall–Kier alpha value is -1.80. The number of aromatic hydroxyl groups is 1. The number of hydrogen-bond acceptors (Lipinski definition) is 1. The molecule has 0 amide bonds. The van der Waals surface area contributed by atoms with E-state index < -0.39 is 0 Å². The van der Waals surface area contributed by atoms with Crippen molar-refractivity contribution in [2.45, 2.75) is 25.7 Å². The van der Waals surface area contributed by atoms with E-state index in [2.05, 4.69) is 64.5 Å². The summed E-state index contributed by atoms with van der Waals surface area (Å²) in [5, 5.41) is 13.1. The molecule has 1 N–H and O–H groups in total. The van der Waals surface area contributed by atoms with Crippen LogP contribution < -0.4 is 0 Å². The van der Waals surface area contributed by atoms with Gasteiger partial charge in [-0.25, -0.2) is 0 Å². The molecule has 4 rings (SSSR count). The number of phenols is 1. The largest absolute Gasteiger partial charge is 0.506 e. The van der Waals surface area contributed by atoms with Gasteiger partial charge in [-0.2, -0.15) is 0 Å². The third kappa shape index (κ3) is 2.14. The number of hydrogen-bond donors (Lipinski definition) is 1. The van der Waals surface area contributed by atoms with Crippen molar-refractivity contribution >= 4 is 26.7 Å². The van der Waals surface area contributed by atoms with E-state index in [1.54, 1.807) is 0 Å². The van der Waals surface area contributed by atoms with Crippen LogP contribution in [0.4, 0.5) is 0 Å². The molecule has 22 heavy (non-hydrogen) atoms. The molecule has 0 aromatic heterocycles. The maximum absolute atomic E-state index is 10.7. The zero-order valence-electron chi connectivity index (χ0n) is 12.3. The average Bonchev–Trinajstić information content (AvgIpc) is 2.56. The van der Waals surface area contributed by atoms with E-state index in [0.717, 1.165) is 28.4 Å². The molecular formula is C20H17BrO. The van der Waals surface area contributed by atoms with E-state index in [1.807, 2.05) is 0 Å². The van der Waals surface area contributed by atoms with Crippen molar-refractivity contribution in [2.24, 2.45) is 0 Å². The quantitative estimate of drug-likeness (QED) is 0.581. The van der Waals surface area contributed by atoms with Crippen molar-refractivity contribution < 1.29 is 5.11 Å². The normalized spacial score (nSPS) is 14.0. The van der Waals surface area contributed by atoms with Gasteiger partial charge in [0.05, 0.1) is 4.47 Å². The number of fused-ring (bicyclic) bond motifs is 2. The molecule has 0 bridgehead atoms. The van der Waals surface area contributed by atoms with Crippen LogP contribution in [0.3, 0.4) is 0 Å². The van der Waals surface area contributed by atoms with Crippen LogP contribution in [-0.2, 0) is 12.8 Å². The fourth-order valence-electron chi connectivity index (χ4n) is 3.59. The van der Waals surface area contributed by atoms with Gasteiger partial charge in [-0.3, -0.25) is 0 Å². The van der Waals surface area contributed by atoms with Crippen LogP contribution in [0.15, 0.2) is 53.0 Å². The van der Waals surface area contributed by atoms with Crippen molar-refractivity contribution in [3.8, 4) is 16.9 Å². The molecule has 1 aliphatic carbocycles. The first-order chi connectivity index (χ1) is 10.8. The van der Waals surface area contributed by atoms with Gasteiger partial charge in [-0.05, 0) is 75.1 Å². The Balaban J connectivity index is 2.08. The molecular weight excluding hydrogens is 336 g/mol. The Morgan fingerprint density at radius 1 is 0.909 bits per heavy atom. The average molecular weight is 353 g/mol. The molecule has 0 heterocycles. The SMILES string of the molecule is Oc1c(Br)cc2c(c1-c1cccc3ccccc13)CCCC2. The summed E-state index contributed by atoms with van der Waals surface area (Å²) >= 11 is 3.54. The molecule has 3 aromatic carbocycles. The Morgan fingerprint density at radius 2 is 1.68 bits per heavy atom. The molecule has 0 saturated heterocycles. The maximum atomic E-state index is 10.7. The smallest absolute Gasteiger partial charge is 0.137 e. The molecule has 0 saturated carbocycles. The van der Waals surface area contributed by atoms with Crippen molar-refractivity contribution in [3.05, 3.63) is 64.1 Å². The van der Waals surface area contributed by atoms with Gasteiger partial charge in [0, 0.05) is 5.56 Å². The summed E-state index contributed by atoms with van der Waals surface area (Å²) in [6, 6.07) is 16.8. The second-order valence-corrected chi connectivity index (χ2v) is 6.81. The first kappa shape index (κ1) is 13.8. The minimum absolute atomic E-state index is 0.372. The Labute approximate surface area is 138 Å². The lowest BCUT2D eigenvalue weighted by atomic mass is 9.84. The van der Waals surface area contributed by atoms with Gasteiger partial charge in [-0.15, -0.1) is 0 Å². The van der Waals surface area contributed by atoms with Gasteiger partial charge in [0.15, 0.2) is 0 Å². The van der Waals surface area contributed by atoms with E-state index in [1.165, 1.54) is 34.7 Å². The lowest BCUT2D eigenvalue weighted by Gasteiger charge is -2.22. The van der Waals surface area contributed by atoms with Gasteiger partial charge in [0.2, 0.25) is 0 Å². The van der Waals surface area contributed by atoms with Gasteiger partial charge >= 0.3 is 0 Å². The van der Waals surface area contributed by atoms with Crippen molar-refractivity contribution in [1.82, 2.24) is 0 Å². The minimum Gasteiger partial charge on any atom is -0.506 e. The molecule has 0 radical (unpaired) electrons. The van der Waals surface area contributed by atoms with Crippen LogP contribution in [0.25, 0.3) is 21.9 Å². The molecule has 0 aliphatic heterocycles. The molecule has 2 heteroatoms. The topological polar surface area (TPSA) is 20.2 Å². The van der Waals surface area contributed by atoms with E-state index >= 15 is 0 Å². The summed E-state index contributed by atoms with van der Waals surface area (Å²) < 4.78 is 0.802. The summed E-state index contributed by atoms with van der Waals surface area (Å²) in [7, 11) is 0.